The molecule has 5 rings (SSSR count). The second-order valence-electron chi connectivity index (χ2n) is 10.5. The van der Waals surface area contributed by atoms with Gasteiger partial charge in [0, 0.05) is 12.2 Å². The van der Waals surface area contributed by atoms with Crippen LogP contribution >= 0.6 is 0 Å². The zero-order chi connectivity index (χ0) is 26.5. The molecular formula is C29H34N2O6. The van der Waals surface area contributed by atoms with E-state index in [0.29, 0.717) is 24.9 Å². The minimum atomic E-state index is -1.24. The van der Waals surface area contributed by atoms with Gasteiger partial charge in [-0.05, 0) is 41.7 Å². The summed E-state index contributed by atoms with van der Waals surface area (Å²) in [5.41, 5.74) is -0.582. The molecule has 2 amide bonds. The number of hydrogen-bond donors (Lipinski definition) is 2. The highest BCUT2D eigenvalue weighted by Crippen LogP contribution is 2.59. The third kappa shape index (κ3) is 3.77. The third-order valence-electron chi connectivity index (χ3n) is 8.72. The summed E-state index contributed by atoms with van der Waals surface area (Å²) in [5.74, 6) is -3.92. The molecule has 8 heteroatoms. The fourth-order valence-electron chi connectivity index (χ4n) is 6.77. The number of benzene rings is 2. The molecule has 3 aliphatic rings. The number of aliphatic hydroxyl groups is 1. The molecular weight excluding hydrogens is 472 g/mol. The number of amides is 2. The van der Waals surface area contributed by atoms with Crippen molar-refractivity contribution in [2.45, 2.75) is 56.9 Å². The number of carboxylic acid groups (broad SMARTS) is 1. The van der Waals surface area contributed by atoms with Gasteiger partial charge in [0.25, 0.3) is 5.91 Å². The number of aliphatic hydroxyl groups excluding tert-OH is 1. The van der Waals surface area contributed by atoms with Crippen molar-refractivity contribution in [1.82, 2.24) is 4.90 Å². The molecule has 1 spiro atoms. The van der Waals surface area contributed by atoms with Crippen LogP contribution in [-0.2, 0) is 19.1 Å². The number of carboxylic acids is 1. The van der Waals surface area contributed by atoms with Crippen LogP contribution in [-0.4, -0.2) is 69.8 Å². The molecule has 2 N–H and O–H groups in total. The van der Waals surface area contributed by atoms with E-state index in [1.165, 1.54) is 4.90 Å². The lowest BCUT2D eigenvalue weighted by Gasteiger charge is -2.41. The molecule has 0 aliphatic carbocycles. The van der Waals surface area contributed by atoms with Gasteiger partial charge in [-0.3, -0.25) is 14.4 Å². The number of ether oxygens (including phenoxy) is 1. The lowest BCUT2D eigenvalue weighted by molar-refractivity contribution is -0.151. The lowest BCUT2D eigenvalue weighted by Crippen LogP contribution is -2.60. The van der Waals surface area contributed by atoms with Gasteiger partial charge in [0.2, 0.25) is 5.91 Å². The molecule has 2 aromatic carbocycles. The Morgan fingerprint density at radius 1 is 1.27 bits per heavy atom. The summed E-state index contributed by atoms with van der Waals surface area (Å²) in [5, 5.41) is 22.4. The highest BCUT2D eigenvalue weighted by Gasteiger charge is 2.75. The molecule has 7 atom stereocenters. The molecule has 3 fully saturated rings. The Labute approximate surface area is 216 Å². The zero-order valence-electron chi connectivity index (χ0n) is 21.2. The van der Waals surface area contributed by atoms with Gasteiger partial charge in [-0.25, -0.2) is 0 Å². The topological polar surface area (TPSA) is 107 Å². The molecule has 37 heavy (non-hydrogen) atoms. The predicted octanol–water partition coefficient (Wildman–Crippen LogP) is 3.23. The molecule has 2 unspecified atom stereocenters. The number of aliphatic carboxylic acids is 1. The zero-order valence-corrected chi connectivity index (χ0v) is 21.2. The predicted molar refractivity (Wildman–Crippen MR) is 139 cm³/mol. The van der Waals surface area contributed by atoms with Gasteiger partial charge in [0.15, 0.2) is 0 Å². The Balaban J connectivity index is 1.63. The number of nitrogens with zero attached hydrogens (tertiary/aromatic N) is 2. The standard InChI is InChI=1S/C29H34N2O6/c1-4-14-30(20-11-10-18-8-6-7-9-19(18)15-20)27(34)25-29-13-12-22(37-29)23(28(35)36)24(29)26(33)31(25)21(16-32)17(3)5-2/h4,6-11,15,17,21-25,32H,1,5,12-14,16H2,2-3H3,(H,35,36)/t17-,21-,22-,23+,24-,25?,29?/m0/s1. The van der Waals surface area contributed by atoms with Crippen LogP contribution in [0.5, 0.6) is 0 Å². The smallest absolute Gasteiger partial charge is 0.310 e. The number of carbonyl (C=O) groups excluding carboxylic acids is 2. The van der Waals surface area contributed by atoms with Gasteiger partial charge < -0.3 is 24.7 Å². The molecule has 3 aliphatic heterocycles. The summed E-state index contributed by atoms with van der Waals surface area (Å²) < 4.78 is 6.34. The first-order chi connectivity index (χ1) is 17.8. The van der Waals surface area contributed by atoms with Crippen molar-refractivity contribution in [2.75, 3.05) is 18.1 Å². The van der Waals surface area contributed by atoms with Gasteiger partial charge in [-0.2, -0.15) is 0 Å². The molecule has 3 heterocycles. The van der Waals surface area contributed by atoms with Crippen molar-refractivity contribution in [3.8, 4) is 0 Å². The SMILES string of the molecule is C=CCN(C(=O)C1N([C@@H](CO)[C@@H](C)CC)C(=O)[C@@H]2[C@H](C(=O)O)[C@@H]3CCC12O3)c1ccc2ccccc2c1. The molecule has 0 aromatic heterocycles. The van der Waals surface area contributed by atoms with Gasteiger partial charge in [-0.1, -0.05) is 56.7 Å². The summed E-state index contributed by atoms with van der Waals surface area (Å²) in [6.07, 6.45) is 2.61. The van der Waals surface area contributed by atoms with Crippen LogP contribution in [0.4, 0.5) is 5.69 Å². The highest BCUT2D eigenvalue weighted by molar-refractivity contribution is 6.05. The largest absolute Gasteiger partial charge is 0.481 e. The molecule has 8 nitrogen and oxygen atoms in total. The number of rotatable bonds is 9. The maximum atomic E-state index is 14.5. The quantitative estimate of drug-likeness (QED) is 0.506. The Kier molecular flexibility index (Phi) is 6.58. The molecule has 2 aromatic rings. The van der Waals surface area contributed by atoms with Gasteiger partial charge in [0.05, 0.1) is 30.6 Å². The number of carbonyl (C=O) groups is 3. The van der Waals surface area contributed by atoms with E-state index in [0.717, 1.165) is 10.8 Å². The van der Waals surface area contributed by atoms with Crippen LogP contribution in [0.3, 0.4) is 0 Å². The Morgan fingerprint density at radius 2 is 2.00 bits per heavy atom. The van der Waals surface area contributed by atoms with Crippen LogP contribution in [0.15, 0.2) is 55.1 Å². The lowest BCUT2D eigenvalue weighted by atomic mass is 9.70. The number of fused-ring (bicyclic) bond motifs is 2. The van der Waals surface area contributed by atoms with Crippen LogP contribution in [0.1, 0.15) is 33.1 Å². The minimum absolute atomic E-state index is 0.103. The third-order valence-corrected chi connectivity index (χ3v) is 8.72. The van der Waals surface area contributed by atoms with E-state index in [1.54, 1.807) is 11.0 Å². The Morgan fingerprint density at radius 3 is 2.65 bits per heavy atom. The van der Waals surface area contributed by atoms with Gasteiger partial charge >= 0.3 is 5.97 Å². The fourth-order valence-corrected chi connectivity index (χ4v) is 6.77. The molecule has 2 bridgehead atoms. The van der Waals surface area contributed by atoms with E-state index in [1.807, 2.05) is 56.3 Å². The summed E-state index contributed by atoms with van der Waals surface area (Å²) in [7, 11) is 0. The fraction of sp³-hybridized carbons (Fsp3) is 0.483. The van der Waals surface area contributed by atoms with E-state index in [4.69, 9.17) is 4.74 Å². The summed E-state index contributed by atoms with van der Waals surface area (Å²) in [6.45, 7) is 7.62. The first kappa shape index (κ1) is 25.4. The number of hydrogen-bond acceptors (Lipinski definition) is 5. The maximum absolute atomic E-state index is 14.5. The Bertz CT molecular complexity index is 1250. The van der Waals surface area contributed by atoms with Crippen molar-refractivity contribution < 1.29 is 29.3 Å². The van der Waals surface area contributed by atoms with Crippen molar-refractivity contribution in [3.05, 3.63) is 55.1 Å². The van der Waals surface area contributed by atoms with Crippen molar-refractivity contribution in [1.29, 1.82) is 0 Å². The molecule has 0 saturated carbocycles. The van der Waals surface area contributed by atoms with Crippen LogP contribution in [0, 0.1) is 17.8 Å². The van der Waals surface area contributed by atoms with Crippen LogP contribution in [0.25, 0.3) is 10.8 Å². The summed E-state index contributed by atoms with van der Waals surface area (Å²) in [6, 6.07) is 11.9. The average Bonchev–Trinajstić information content (AvgIpc) is 3.54. The summed E-state index contributed by atoms with van der Waals surface area (Å²) >= 11 is 0. The maximum Gasteiger partial charge on any atom is 0.310 e. The first-order valence-corrected chi connectivity index (χ1v) is 13.0. The van der Waals surface area contributed by atoms with E-state index in [9.17, 15) is 24.6 Å². The second kappa shape index (κ2) is 9.58. The number of anilines is 1. The molecule has 196 valence electrons. The highest BCUT2D eigenvalue weighted by atomic mass is 16.5. The van der Waals surface area contributed by atoms with Crippen LogP contribution < -0.4 is 4.90 Å². The van der Waals surface area contributed by atoms with E-state index >= 15 is 0 Å². The Hall–Kier alpha value is -3.23. The van der Waals surface area contributed by atoms with E-state index in [2.05, 4.69) is 6.58 Å². The second-order valence-corrected chi connectivity index (χ2v) is 10.5. The van der Waals surface area contributed by atoms with Crippen molar-refractivity contribution >= 4 is 34.2 Å². The van der Waals surface area contributed by atoms with Gasteiger partial charge in [0.1, 0.15) is 11.6 Å². The molecule has 3 saturated heterocycles. The molecule has 0 radical (unpaired) electrons. The monoisotopic (exact) mass is 506 g/mol. The van der Waals surface area contributed by atoms with Gasteiger partial charge in [-0.15, -0.1) is 6.58 Å². The van der Waals surface area contributed by atoms with Crippen molar-refractivity contribution in [3.63, 3.8) is 0 Å². The number of likely N-dealkylation sites (tertiary alicyclic amines) is 1. The van der Waals surface area contributed by atoms with E-state index in [-0.39, 0.29) is 25.0 Å². The minimum Gasteiger partial charge on any atom is -0.481 e. The normalized spacial score (nSPS) is 29.8. The summed E-state index contributed by atoms with van der Waals surface area (Å²) in [4.78, 5) is 43.9. The van der Waals surface area contributed by atoms with Crippen molar-refractivity contribution in [2.24, 2.45) is 17.8 Å². The first-order valence-electron chi connectivity index (χ1n) is 13.0. The van der Waals surface area contributed by atoms with Crippen LogP contribution in [0.2, 0.25) is 0 Å². The average molecular weight is 507 g/mol. The van der Waals surface area contributed by atoms with E-state index < -0.39 is 47.5 Å².